The van der Waals surface area contributed by atoms with E-state index < -0.39 is 15.3 Å². The third-order valence-corrected chi connectivity index (χ3v) is 8.18. The number of hydrogen-bond acceptors (Lipinski definition) is 6. The van der Waals surface area contributed by atoms with E-state index >= 15 is 0 Å². The van der Waals surface area contributed by atoms with Crippen molar-refractivity contribution in [3.8, 4) is 17.1 Å². The molecule has 36 heavy (non-hydrogen) atoms. The fourth-order valence-electron chi connectivity index (χ4n) is 4.22. The number of unbranched alkanes of at least 4 members (excludes halogenated alkanes) is 2. The summed E-state index contributed by atoms with van der Waals surface area (Å²) in [5.41, 5.74) is 1.62. The highest BCUT2D eigenvalue weighted by molar-refractivity contribution is 7.93. The molecule has 198 valence electrons. The SMILES string of the molecule is CCCCCC(CC)Cc1nc(C)c2c(=O)[nH]c(-c3cc(NS(=O)(=O)C(C)C)ccc3OCC)nn12. The molecule has 0 spiro atoms. The van der Waals surface area contributed by atoms with Crippen molar-refractivity contribution < 1.29 is 13.2 Å². The molecule has 1 atom stereocenters. The summed E-state index contributed by atoms with van der Waals surface area (Å²) < 4.78 is 34.9. The Hall–Kier alpha value is -2.88. The van der Waals surface area contributed by atoms with Crippen LogP contribution in [-0.2, 0) is 16.4 Å². The van der Waals surface area contributed by atoms with Crippen molar-refractivity contribution in [3.63, 3.8) is 0 Å². The Morgan fingerprint density at radius 1 is 1.17 bits per heavy atom. The maximum Gasteiger partial charge on any atom is 0.277 e. The third-order valence-electron chi connectivity index (χ3n) is 6.42. The predicted molar refractivity (Wildman–Crippen MR) is 144 cm³/mol. The van der Waals surface area contributed by atoms with E-state index in [1.807, 2.05) is 13.8 Å². The molecule has 3 rings (SSSR count). The molecule has 0 saturated carbocycles. The highest BCUT2D eigenvalue weighted by atomic mass is 32.2. The second kappa shape index (κ2) is 11.9. The number of hydrogen-bond donors (Lipinski definition) is 2. The van der Waals surface area contributed by atoms with Gasteiger partial charge in [-0.25, -0.2) is 17.9 Å². The standard InChI is InChI=1S/C26H39N5O4S/c1-7-10-11-12-19(8-2)15-23-27-18(6)24-26(32)28-25(29-31(23)24)21-16-20(13-14-22(21)35-9-3)30-36(33,34)17(4)5/h13-14,16-17,19,30H,7-12,15H2,1-6H3,(H,28,29,32). The zero-order chi connectivity index (χ0) is 26.5. The molecular weight excluding hydrogens is 478 g/mol. The minimum absolute atomic E-state index is 0.291. The molecule has 2 heterocycles. The molecule has 1 unspecified atom stereocenters. The van der Waals surface area contributed by atoms with E-state index in [2.05, 4.69) is 23.6 Å². The zero-order valence-electron chi connectivity index (χ0n) is 22.2. The molecule has 1 aromatic carbocycles. The normalized spacial score (nSPS) is 12.9. The van der Waals surface area contributed by atoms with Gasteiger partial charge in [0.15, 0.2) is 11.3 Å². The Labute approximate surface area is 213 Å². The second-order valence-electron chi connectivity index (χ2n) is 9.49. The summed E-state index contributed by atoms with van der Waals surface area (Å²) in [7, 11) is -3.55. The van der Waals surface area contributed by atoms with Crippen LogP contribution in [0.1, 0.15) is 78.2 Å². The first-order valence-electron chi connectivity index (χ1n) is 12.9. The van der Waals surface area contributed by atoms with Gasteiger partial charge in [0.25, 0.3) is 5.56 Å². The molecule has 2 N–H and O–H groups in total. The van der Waals surface area contributed by atoms with E-state index in [1.54, 1.807) is 36.6 Å². The van der Waals surface area contributed by atoms with E-state index in [0.717, 1.165) is 25.1 Å². The van der Waals surface area contributed by atoms with Gasteiger partial charge in [0.1, 0.15) is 11.6 Å². The van der Waals surface area contributed by atoms with Crippen LogP contribution < -0.4 is 15.0 Å². The maximum absolute atomic E-state index is 13.1. The van der Waals surface area contributed by atoms with Crippen LogP contribution in [0.5, 0.6) is 5.75 Å². The van der Waals surface area contributed by atoms with E-state index in [9.17, 15) is 13.2 Å². The van der Waals surface area contributed by atoms with E-state index in [0.29, 0.717) is 46.6 Å². The third kappa shape index (κ3) is 6.27. The Bertz CT molecular complexity index is 1340. The molecule has 0 aliphatic rings. The van der Waals surface area contributed by atoms with Crippen molar-refractivity contribution in [2.24, 2.45) is 5.92 Å². The lowest BCUT2D eigenvalue weighted by atomic mass is 9.95. The van der Waals surface area contributed by atoms with Gasteiger partial charge in [0, 0.05) is 12.1 Å². The lowest BCUT2D eigenvalue weighted by Crippen LogP contribution is -2.22. The van der Waals surface area contributed by atoms with Crippen LogP contribution in [-0.4, -0.2) is 39.9 Å². The summed E-state index contributed by atoms with van der Waals surface area (Å²) in [6, 6.07) is 4.96. The van der Waals surface area contributed by atoms with Crippen molar-refractivity contribution >= 4 is 21.2 Å². The zero-order valence-corrected chi connectivity index (χ0v) is 23.0. The number of imidazole rings is 1. The topological polar surface area (TPSA) is 118 Å². The molecule has 9 nitrogen and oxygen atoms in total. The van der Waals surface area contributed by atoms with Gasteiger partial charge in [-0.1, -0.05) is 46.0 Å². The first-order valence-corrected chi connectivity index (χ1v) is 14.4. The van der Waals surface area contributed by atoms with Crippen LogP contribution in [0.4, 0.5) is 5.69 Å². The monoisotopic (exact) mass is 517 g/mol. The van der Waals surface area contributed by atoms with Crippen molar-refractivity contribution in [2.75, 3.05) is 11.3 Å². The highest BCUT2D eigenvalue weighted by Crippen LogP contribution is 2.31. The summed E-state index contributed by atoms with van der Waals surface area (Å²) in [6.45, 7) is 11.7. The van der Waals surface area contributed by atoms with Crippen molar-refractivity contribution in [3.05, 3.63) is 40.1 Å². The number of aryl methyl sites for hydroxylation is 1. The summed E-state index contributed by atoms with van der Waals surface area (Å²) in [5, 5.41) is 4.17. The minimum atomic E-state index is -3.55. The van der Waals surface area contributed by atoms with Crippen LogP contribution in [0.25, 0.3) is 16.9 Å². The highest BCUT2D eigenvalue weighted by Gasteiger charge is 2.21. The number of fused-ring (bicyclic) bond motifs is 1. The second-order valence-corrected chi connectivity index (χ2v) is 11.7. The fourth-order valence-corrected chi connectivity index (χ4v) is 4.91. The molecule has 2 aromatic heterocycles. The van der Waals surface area contributed by atoms with Crippen LogP contribution in [0, 0.1) is 12.8 Å². The number of aromatic amines is 1. The number of nitrogens with zero attached hydrogens (tertiary/aromatic N) is 3. The summed E-state index contributed by atoms with van der Waals surface area (Å²) in [4.78, 5) is 20.7. The molecule has 0 bridgehead atoms. The number of nitrogens with one attached hydrogen (secondary N) is 2. The first kappa shape index (κ1) is 27.7. The average molecular weight is 518 g/mol. The van der Waals surface area contributed by atoms with Gasteiger partial charge in [-0.05, 0) is 51.8 Å². The molecule has 0 saturated heterocycles. The van der Waals surface area contributed by atoms with Crippen LogP contribution in [0.2, 0.25) is 0 Å². The molecule has 0 aliphatic carbocycles. The van der Waals surface area contributed by atoms with Gasteiger partial charge in [0.05, 0.1) is 23.1 Å². The van der Waals surface area contributed by atoms with E-state index in [-0.39, 0.29) is 5.56 Å². The molecule has 0 fully saturated rings. The summed E-state index contributed by atoms with van der Waals surface area (Å²) >= 11 is 0. The molecule has 10 heteroatoms. The first-order chi connectivity index (χ1) is 17.1. The van der Waals surface area contributed by atoms with Crippen molar-refractivity contribution in [1.29, 1.82) is 0 Å². The lowest BCUT2D eigenvalue weighted by molar-refractivity contribution is 0.341. The van der Waals surface area contributed by atoms with Crippen molar-refractivity contribution in [1.82, 2.24) is 19.6 Å². The van der Waals surface area contributed by atoms with Gasteiger partial charge in [0.2, 0.25) is 10.0 Å². The number of aromatic nitrogens is 4. The number of sulfonamides is 1. The Morgan fingerprint density at radius 3 is 2.56 bits per heavy atom. The van der Waals surface area contributed by atoms with Gasteiger partial charge in [-0.3, -0.25) is 9.52 Å². The predicted octanol–water partition coefficient (Wildman–Crippen LogP) is 5.09. The molecule has 3 aromatic rings. The molecular formula is C26H39N5O4S. The largest absolute Gasteiger partial charge is 0.493 e. The molecule has 0 amide bonds. The summed E-state index contributed by atoms with van der Waals surface area (Å²) in [6.07, 6.45) is 6.43. The van der Waals surface area contributed by atoms with Gasteiger partial charge < -0.3 is 9.72 Å². The molecule has 0 aliphatic heterocycles. The number of anilines is 1. The number of H-pyrrole nitrogens is 1. The summed E-state index contributed by atoms with van der Waals surface area (Å²) in [5.74, 6) is 2.00. The fraction of sp³-hybridized carbons (Fsp3) is 0.577. The van der Waals surface area contributed by atoms with Crippen LogP contribution >= 0.6 is 0 Å². The lowest BCUT2D eigenvalue weighted by Gasteiger charge is -2.15. The van der Waals surface area contributed by atoms with Crippen LogP contribution in [0.3, 0.4) is 0 Å². The quantitative estimate of drug-likeness (QED) is 0.305. The number of ether oxygens (including phenoxy) is 1. The Morgan fingerprint density at radius 2 is 1.92 bits per heavy atom. The Kier molecular flexibility index (Phi) is 9.16. The van der Waals surface area contributed by atoms with E-state index in [1.165, 1.54) is 19.3 Å². The smallest absolute Gasteiger partial charge is 0.277 e. The number of benzene rings is 1. The average Bonchev–Trinajstić information content (AvgIpc) is 3.14. The van der Waals surface area contributed by atoms with Crippen LogP contribution in [0.15, 0.2) is 23.0 Å². The van der Waals surface area contributed by atoms with Crippen molar-refractivity contribution in [2.45, 2.75) is 85.3 Å². The maximum atomic E-state index is 13.1. The van der Waals surface area contributed by atoms with E-state index in [4.69, 9.17) is 14.8 Å². The Balaban J connectivity index is 2.09. The minimum Gasteiger partial charge on any atom is -0.493 e. The number of rotatable bonds is 13. The van der Waals surface area contributed by atoms with Gasteiger partial charge >= 0.3 is 0 Å². The van der Waals surface area contributed by atoms with Gasteiger partial charge in [-0.15, -0.1) is 5.10 Å². The molecule has 0 radical (unpaired) electrons. The van der Waals surface area contributed by atoms with Gasteiger partial charge in [-0.2, -0.15) is 0 Å².